The Morgan fingerprint density at radius 1 is 1.41 bits per heavy atom. The first-order valence-corrected chi connectivity index (χ1v) is 7.71. The Morgan fingerprint density at radius 3 is 2.77 bits per heavy atom. The maximum Gasteiger partial charge on any atom is 0.209 e. The van der Waals surface area contributed by atoms with Gasteiger partial charge in [0, 0.05) is 18.2 Å². The predicted molar refractivity (Wildman–Crippen MR) is 86.0 cm³/mol. The van der Waals surface area contributed by atoms with Crippen LogP contribution in [0.5, 0.6) is 5.75 Å². The molecule has 22 heavy (non-hydrogen) atoms. The summed E-state index contributed by atoms with van der Waals surface area (Å²) in [5.74, 6) is 0.0952. The van der Waals surface area contributed by atoms with Crippen molar-refractivity contribution in [3.05, 3.63) is 29.8 Å². The standard InChI is InChI=1S/C15H24N6O/c1-11-3-2-8-21(11)9-10-22-13-6-4-12(5-7-13)15(17)18-14(16)19-20-15/h4-7,11,20H,2-3,8-10,17H2,1H3,(H3,16,18,19). The lowest BCUT2D eigenvalue weighted by atomic mass is 10.1. The summed E-state index contributed by atoms with van der Waals surface area (Å²) in [6.07, 6.45) is 2.58. The number of nitrogens with two attached hydrogens (primary N) is 2. The van der Waals surface area contributed by atoms with E-state index in [-0.39, 0.29) is 5.96 Å². The molecule has 1 aromatic carbocycles. The lowest BCUT2D eigenvalue weighted by Gasteiger charge is -2.22. The minimum Gasteiger partial charge on any atom is -0.492 e. The van der Waals surface area contributed by atoms with Gasteiger partial charge < -0.3 is 10.5 Å². The molecule has 0 radical (unpaired) electrons. The second-order valence-electron chi connectivity index (χ2n) is 5.91. The molecule has 1 aromatic rings. The van der Waals surface area contributed by atoms with Crippen LogP contribution in [0.15, 0.2) is 29.3 Å². The van der Waals surface area contributed by atoms with E-state index < -0.39 is 5.79 Å². The molecule has 7 heteroatoms. The highest BCUT2D eigenvalue weighted by molar-refractivity contribution is 5.79. The fraction of sp³-hybridized carbons (Fsp3) is 0.533. The monoisotopic (exact) mass is 304 g/mol. The summed E-state index contributed by atoms with van der Waals surface area (Å²) in [7, 11) is 0. The lowest BCUT2D eigenvalue weighted by molar-refractivity contribution is 0.204. The van der Waals surface area contributed by atoms with Crippen molar-refractivity contribution in [1.82, 2.24) is 15.8 Å². The van der Waals surface area contributed by atoms with Gasteiger partial charge in [-0.1, -0.05) is 12.1 Å². The third kappa shape index (κ3) is 3.16. The Hall–Kier alpha value is -1.83. The molecule has 0 aliphatic carbocycles. The van der Waals surface area contributed by atoms with Crippen LogP contribution >= 0.6 is 0 Å². The van der Waals surface area contributed by atoms with E-state index in [1.165, 1.54) is 19.4 Å². The second kappa shape index (κ2) is 6.12. The van der Waals surface area contributed by atoms with Gasteiger partial charge in [-0.15, -0.1) is 0 Å². The van der Waals surface area contributed by atoms with Crippen molar-refractivity contribution in [3.8, 4) is 5.75 Å². The number of hydrogen-bond acceptors (Lipinski definition) is 7. The summed E-state index contributed by atoms with van der Waals surface area (Å²) in [5, 5.41) is 0. The molecule has 7 nitrogen and oxygen atoms in total. The smallest absolute Gasteiger partial charge is 0.209 e. The Bertz CT molecular complexity index is 545. The number of hydrogen-bond donors (Lipinski definition) is 4. The van der Waals surface area contributed by atoms with Gasteiger partial charge in [0.25, 0.3) is 0 Å². The molecule has 0 amide bonds. The summed E-state index contributed by atoms with van der Waals surface area (Å²) in [4.78, 5) is 6.61. The van der Waals surface area contributed by atoms with Crippen LogP contribution in [0.1, 0.15) is 25.3 Å². The minimum absolute atomic E-state index is 0.280. The molecule has 120 valence electrons. The molecule has 2 unspecified atom stereocenters. The average molecular weight is 304 g/mol. The third-order valence-corrected chi connectivity index (χ3v) is 4.31. The summed E-state index contributed by atoms with van der Waals surface area (Å²) < 4.78 is 5.81. The van der Waals surface area contributed by atoms with Crippen LogP contribution in [0.4, 0.5) is 0 Å². The number of likely N-dealkylation sites (tertiary alicyclic amines) is 1. The molecule has 6 N–H and O–H groups in total. The topological polar surface area (TPSA) is 101 Å². The van der Waals surface area contributed by atoms with Crippen LogP contribution in [0, 0.1) is 0 Å². The Kier molecular flexibility index (Phi) is 4.19. The van der Waals surface area contributed by atoms with Crippen molar-refractivity contribution in [2.75, 3.05) is 19.7 Å². The second-order valence-corrected chi connectivity index (χ2v) is 5.91. The van der Waals surface area contributed by atoms with Crippen LogP contribution in [0.25, 0.3) is 0 Å². The van der Waals surface area contributed by atoms with E-state index in [2.05, 4.69) is 27.7 Å². The molecule has 0 bridgehead atoms. The molecule has 2 heterocycles. The van der Waals surface area contributed by atoms with E-state index in [1.54, 1.807) is 0 Å². The highest BCUT2D eigenvalue weighted by Crippen LogP contribution is 2.22. The lowest BCUT2D eigenvalue weighted by Crippen LogP contribution is -2.50. The number of hydrazine groups is 1. The summed E-state index contributed by atoms with van der Waals surface area (Å²) in [6.45, 7) is 5.12. The molecule has 1 saturated heterocycles. The van der Waals surface area contributed by atoms with E-state index >= 15 is 0 Å². The fourth-order valence-corrected chi connectivity index (χ4v) is 2.95. The first kappa shape index (κ1) is 15.1. The van der Waals surface area contributed by atoms with Gasteiger partial charge in [0.1, 0.15) is 12.4 Å². The van der Waals surface area contributed by atoms with Crippen LogP contribution in [0.2, 0.25) is 0 Å². The van der Waals surface area contributed by atoms with Crippen molar-refractivity contribution in [2.45, 2.75) is 31.6 Å². The Balaban J connectivity index is 1.53. The number of nitrogens with one attached hydrogen (secondary N) is 2. The largest absolute Gasteiger partial charge is 0.492 e. The van der Waals surface area contributed by atoms with E-state index in [0.29, 0.717) is 12.6 Å². The molecule has 1 fully saturated rings. The molecule has 2 atom stereocenters. The zero-order valence-electron chi connectivity index (χ0n) is 12.9. The van der Waals surface area contributed by atoms with Gasteiger partial charge in [0.15, 0.2) is 0 Å². The quantitative estimate of drug-likeness (QED) is 0.613. The van der Waals surface area contributed by atoms with Crippen molar-refractivity contribution < 1.29 is 4.74 Å². The highest BCUT2D eigenvalue weighted by atomic mass is 16.5. The van der Waals surface area contributed by atoms with Crippen LogP contribution in [-0.4, -0.2) is 36.6 Å². The molecular weight excluding hydrogens is 280 g/mol. The van der Waals surface area contributed by atoms with Gasteiger partial charge in [0.05, 0.1) is 0 Å². The Labute approximate surface area is 130 Å². The molecule has 2 aliphatic heterocycles. The van der Waals surface area contributed by atoms with Crippen LogP contribution in [-0.2, 0) is 5.79 Å². The fourth-order valence-electron chi connectivity index (χ4n) is 2.95. The van der Waals surface area contributed by atoms with E-state index in [4.69, 9.17) is 16.2 Å². The molecule has 0 spiro atoms. The maximum atomic E-state index is 6.13. The van der Waals surface area contributed by atoms with Crippen molar-refractivity contribution in [2.24, 2.45) is 16.5 Å². The molecule has 3 rings (SSSR count). The van der Waals surface area contributed by atoms with Crippen LogP contribution < -0.4 is 27.1 Å². The normalized spacial score (nSPS) is 28.5. The summed E-state index contributed by atoms with van der Waals surface area (Å²) in [6, 6.07) is 8.27. The maximum absolute atomic E-state index is 6.13. The average Bonchev–Trinajstić information content (AvgIpc) is 3.07. The molecule has 0 aromatic heterocycles. The first-order valence-electron chi connectivity index (χ1n) is 7.71. The number of nitrogens with zero attached hydrogens (tertiary/aromatic N) is 2. The number of guanidine groups is 1. The van der Waals surface area contributed by atoms with Gasteiger partial charge in [-0.05, 0) is 38.4 Å². The van der Waals surface area contributed by atoms with Gasteiger partial charge in [-0.2, -0.15) is 5.43 Å². The first-order chi connectivity index (χ1) is 10.6. The number of rotatable bonds is 5. The number of ether oxygens (including phenoxy) is 1. The van der Waals surface area contributed by atoms with E-state index in [0.717, 1.165) is 17.9 Å². The zero-order valence-corrected chi connectivity index (χ0v) is 12.9. The molecule has 0 saturated carbocycles. The Morgan fingerprint density at radius 2 is 2.18 bits per heavy atom. The van der Waals surface area contributed by atoms with Crippen LogP contribution in [0.3, 0.4) is 0 Å². The third-order valence-electron chi connectivity index (χ3n) is 4.31. The van der Waals surface area contributed by atoms with Gasteiger partial charge in [0.2, 0.25) is 11.7 Å². The molecule has 2 aliphatic rings. The number of aliphatic imine (C=N–C) groups is 1. The van der Waals surface area contributed by atoms with Crippen molar-refractivity contribution >= 4 is 5.96 Å². The van der Waals surface area contributed by atoms with Gasteiger partial charge in [-0.25, -0.2) is 4.99 Å². The highest BCUT2D eigenvalue weighted by Gasteiger charge is 2.31. The SMILES string of the molecule is CC1CCCN1CCOc1ccc(C2(N)N=C(N)NN2)cc1. The van der Waals surface area contributed by atoms with E-state index in [9.17, 15) is 0 Å². The van der Waals surface area contributed by atoms with Gasteiger partial charge in [-0.3, -0.25) is 16.1 Å². The minimum atomic E-state index is -1.02. The van der Waals surface area contributed by atoms with Crippen molar-refractivity contribution in [1.29, 1.82) is 0 Å². The van der Waals surface area contributed by atoms with Gasteiger partial charge >= 0.3 is 0 Å². The number of benzene rings is 1. The molecular formula is C15H24N6O. The van der Waals surface area contributed by atoms with E-state index in [1.807, 2.05) is 24.3 Å². The summed E-state index contributed by atoms with van der Waals surface area (Å²) >= 11 is 0. The zero-order chi connectivity index (χ0) is 15.6. The predicted octanol–water partition coefficient (Wildman–Crippen LogP) is 0.0412. The summed E-state index contributed by atoms with van der Waals surface area (Å²) in [5.41, 5.74) is 18.1. The van der Waals surface area contributed by atoms with Crippen molar-refractivity contribution in [3.63, 3.8) is 0 Å².